The molecule has 1 aliphatic heterocycles. The lowest BCUT2D eigenvalue weighted by molar-refractivity contribution is -0.384. The minimum atomic E-state index is -0.785. The molecule has 1 aromatic carbocycles. The molecule has 0 saturated carbocycles. The molecule has 1 saturated heterocycles. The summed E-state index contributed by atoms with van der Waals surface area (Å²) < 4.78 is 0. The van der Waals surface area contributed by atoms with Crippen LogP contribution >= 0.6 is 0 Å². The Morgan fingerprint density at radius 1 is 1.40 bits per heavy atom. The van der Waals surface area contributed by atoms with Gasteiger partial charge in [-0.25, -0.2) is 4.98 Å². The fourth-order valence-corrected chi connectivity index (χ4v) is 3.30. The molecule has 0 aliphatic carbocycles. The minimum absolute atomic E-state index is 0.0250. The van der Waals surface area contributed by atoms with Crippen LogP contribution in [-0.4, -0.2) is 63.1 Å². The summed E-state index contributed by atoms with van der Waals surface area (Å²) in [6.07, 6.45) is 1.41. The van der Waals surface area contributed by atoms with Gasteiger partial charge >= 0.3 is 5.97 Å². The largest absolute Gasteiger partial charge is 0.480 e. The molecule has 0 amide bonds. The number of aromatic amines is 1. The summed E-state index contributed by atoms with van der Waals surface area (Å²) in [6.45, 7) is 4.67. The number of hydrogen-bond acceptors (Lipinski definition) is 6. The van der Waals surface area contributed by atoms with Crippen molar-refractivity contribution in [3.05, 3.63) is 28.3 Å². The van der Waals surface area contributed by atoms with Crippen molar-refractivity contribution in [2.75, 3.05) is 31.1 Å². The van der Waals surface area contributed by atoms with Crippen molar-refractivity contribution in [3.8, 4) is 0 Å². The number of nitro groups is 1. The van der Waals surface area contributed by atoms with Crippen LogP contribution in [0.2, 0.25) is 0 Å². The number of benzene rings is 1. The van der Waals surface area contributed by atoms with Crippen LogP contribution < -0.4 is 4.90 Å². The molecule has 9 heteroatoms. The maximum Gasteiger partial charge on any atom is 0.320 e. The van der Waals surface area contributed by atoms with E-state index in [0.717, 1.165) is 19.5 Å². The van der Waals surface area contributed by atoms with Crippen LogP contribution in [0.5, 0.6) is 0 Å². The number of H-pyrrole nitrogens is 1. The van der Waals surface area contributed by atoms with Gasteiger partial charge in [0.05, 0.1) is 16.0 Å². The van der Waals surface area contributed by atoms with Gasteiger partial charge in [-0.05, 0) is 18.9 Å². The highest BCUT2D eigenvalue weighted by molar-refractivity contribution is 5.80. The number of hydrogen-bond donors (Lipinski definition) is 2. The molecule has 0 bridgehead atoms. The number of fused-ring (bicyclic) bond motifs is 1. The summed E-state index contributed by atoms with van der Waals surface area (Å²) in [7, 11) is 0. The Morgan fingerprint density at radius 2 is 2.20 bits per heavy atom. The van der Waals surface area contributed by atoms with E-state index in [1.807, 2.05) is 11.8 Å². The molecular formula is C16H21N5O4. The van der Waals surface area contributed by atoms with E-state index in [-0.39, 0.29) is 5.69 Å². The van der Waals surface area contributed by atoms with E-state index in [1.165, 1.54) is 12.1 Å². The Bertz CT molecular complexity index is 790. The maximum atomic E-state index is 11.4. The van der Waals surface area contributed by atoms with Crippen molar-refractivity contribution >= 4 is 28.6 Å². The number of carboxylic acids is 1. The van der Waals surface area contributed by atoms with Crippen LogP contribution in [0.15, 0.2) is 18.2 Å². The third kappa shape index (κ3) is 3.55. The number of nitro benzene ring substituents is 1. The predicted molar refractivity (Wildman–Crippen MR) is 92.9 cm³/mol. The molecule has 1 fully saturated rings. The molecule has 2 aromatic rings. The Hall–Kier alpha value is -2.68. The first kappa shape index (κ1) is 17.2. The van der Waals surface area contributed by atoms with Gasteiger partial charge in [0.15, 0.2) is 0 Å². The van der Waals surface area contributed by atoms with Crippen molar-refractivity contribution < 1.29 is 14.8 Å². The van der Waals surface area contributed by atoms with Crippen LogP contribution in [0.4, 0.5) is 11.6 Å². The lowest BCUT2D eigenvalue weighted by Crippen LogP contribution is -2.43. The number of nitrogens with zero attached hydrogens (tertiary/aromatic N) is 4. The van der Waals surface area contributed by atoms with Crippen LogP contribution in [0.1, 0.15) is 19.8 Å². The molecule has 1 unspecified atom stereocenters. The highest BCUT2D eigenvalue weighted by Gasteiger charge is 2.26. The molecule has 3 rings (SSSR count). The zero-order valence-corrected chi connectivity index (χ0v) is 14.0. The molecule has 2 N–H and O–H groups in total. The molecule has 9 nitrogen and oxygen atoms in total. The first-order chi connectivity index (χ1) is 12.0. The lowest BCUT2D eigenvalue weighted by Gasteiger charge is -2.26. The summed E-state index contributed by atoms with van der Waals surface area (Å²) in [5.74, 6) is -0.118. The third-order valence-corrected chi connectivity index (χ3v) is 4.61. The first-order valence-corrected chi connectivity index (χ1v) is 8.35. The van der Waals surface area contributed by atoms with Crippen LogP contribution in [0.25, 0.3) is 11.0 Å². The molecule has 0 radical (unpaired) electrons. The van der Waals surface area contributed by atoms with Gasteiger partial charge in [0.25, 0.3) is 5.69 Å². The van der Waals surface area contributed by atoms with E-state index >= 15 is 0 Å². The number of rotatable bonds is 5. The molecule has 1 aliphatic rings. The van der Waals surface area contributed by atoms with E-state index in [0.29, 0.717) is 36.5 Å². The van der Waals surface area contributed by atoms with Crippen molar-refractivity contribution in [3.63, 3.8) is 0 Å². The fraction of sp³-hybridized carbons (Fsp3) is 0.500. The predicted octanol–water partition coefficient (Wildman–Crippen LogP) is 1.85. The zero-order valence-electron chi connectivity index (χ0n) is 14.0. The summed E-state index contributed by atoms with van der Waals surface area (Å²) in [6, 6.07) is 4.09. The average molecular weight is 347 g/mol. The number of nitrogens with one attached hydrogen (secondary N) is 1. The van der Waals surface area contributed by atoms with E-state index in [4.69, 9.17) is 0 Å². The van der Waals surface area contributed by atoms with Crippen molar-refractivity contribution in [2.24, 2.45) is 0 Å². The molecule has 0 spiro atoms. The van der Waals surface area contributed by atoms with Gasteiger partial charge in [0, 0.05) is 38.3 Å². The molecular weight excluding hydrogens is 326 g/mol. The molecule has 1 aromatic heterocycles. The number of aromatic nitrogens is 2. The van der Waals surface area contributed by atoms with Gasteiger partial charge in [0.2, 0.25) is 5.95 Å². The topological polar surface area (TPSA) is 116 Å². The monoisotopic (exact) mass is 347 g/mol. The number of carboxylic acid groups (broad SMARTS) is 1. The highest BCUT2D eigenvalue weighted by atomic mass is 16.6. The lowest BCUT2D eigenvalue weighted by atomic mass is 10.2. The SMILES string of the molecule is CCC(C(=O)O)N1CCCN(c2nc3ccc([N+](=O)[O-])cc3[nH]2)CC1. The normalized spacial score (nSPS) is 17.4. The van der Waals surface area contributed by atoms with Gasteiger partial charge < -0.3 is 15.0 Å². The number of carbonyl (C=O) groups is 1. The van der Waals surface area contributed by atoms with E-state index < -0.39 is 16.9 Å². The zero-order chi connectivity index (χ0) is 18.0. The number of aliphatic carboxylic acids is 1. The Balaban J connectivity index is 1.77. The first-order valence-electron chi connectivity index (χ1n) is 8.35. The van der Waals surface area contributed by atoms with Crippen LogP contribution in [0, 0.1) is 10.1 Å². The molecule has 25 heavy (non-hydrogen) atoms. The second-order valence-electron chi connectivity index (χ2n) is 6.16. The molecule has 2 heterocycles. The number of anilines is 1. The highest BCUT2D eigenvalue weighted by Crippen LogP contribution is 2.23. The summed E-state index contributed by atoms with van der Waals surface area (Å²) in [5.41, 5.74) is 1.33. The van der Waals surface area contributed by atoms with Crippen molar-refractivity contribution in [1.29, 1.82) is 0 Å². The standard InChI is InChI=1S/C16H21N5O4/c1-2-14(15(22)23)19-6-3-7-20(9-8-19)16-17-12-5-4-11(21(24)25)10-13(12)18-16/h4-5,10,14H,2-3,6-9H2,1H3,(H,17,18)(H,22,23). The Morgan fingerprint density at radius 3 is 2.88 bits per heavy atom. The summed E-state index contributed by atoms with van der Waals surface area (Å²) in [5, 5.41) is 20.2. The summed E-state index contributed by atoms with van der Waals surface area (Å²) >= 11 is 0. The van der Waals surface area contributed by atoms with Crippen LogP contribution in [0.3, 0.4) is 0 Å². The smallest absolute Gasteiger partial charge is 0.320 e. The molecule has 134 valence electrons. The van der Waals surface area contributed by atoms with E-state index in [1.54, 1.807) is 6.07 Å². The third-order valence-electron chi connectivity index (χ3n) is 4.61. The van der Waals surface area contributed by atoms with Crippen molar-refractivity contribution in [2.45, 2.75) is 25.8 Å². The van der Waals surface area contributed by atoms with Crippen LogP contribution in [-0.2, 0) is 4.79 Å². The summed E-state index contributed by atoms with van der Waals surface area (Å²) in [4.78, 5) is 33.6. The Labute approximate surface area is 144 Å². The van der Waals surface area contributed by atoms with Gasteiger partial charge in [-0.3, -0.25) is 19.8 Å². The van der Waals surface area contributed by atoms with Gasteiger partial charge in [-0.15, -0.1) is 0 Å². The van der Waals surface area contributed by atoms with Crippen molar-refractivity contribution in [1.82, 2.24) is 14.9 Å². The maximum absolute atomic E-state index is 11.4. The number of non-ortho nitro benzene ring substituents is 1. The number of imidazole rings is 1. The van der Waals surface area contributed by atoms with Gasteiger partial charge in [-0.1, -0.05) is 6.92 Å². The Kier molecular flexibility index (Phi) is 4.84. The second-order valence-corrected chi connectivity index (χ2v) is 6.16. The molecule has 1 atom stereocenters. The average Bonchev–Trinajstić information content (AvgIpc) is 2.85. The van der Waals surface area contributed by atoms with Gasteiger partial charge in [0.1, 0.15) is 6.04 Å². The second kappa shape index (κ2) is 7.06. The van der Waals surface area contributed by atoms with Gasteiger partial charge in [-0.2, -0.15) is 0 Å². The van der Waals surface area contributed by atoms with E-state index in [9.17, 15) is 20.0 Å². The quantitative estimate of drug-likeness (QED) is 0.626. The van der Waals surface area contributed by atoms with E-state index in [2.05, 4.69) is 14.9 Å². The minimum Gasteiger partial charge on any atom is -0.480 e. The fourth-order valence-electron chi connectivity index (χ4n) is 3.30.